The molecule has 1 N–H and O–H groups in total. The summed E-state index contributed by atoms with van der Waals surface area (Å²) in [5, 5.41) is 14.3. The van der Waals surface area contributed by atoms with E-state index in [-0.39, 0.29) is 5.91 Å². The maximum absolute atomic E-state index is 13.4. The van der Waals surface area contributed by atoms with Crippen molar-refractivity contribution in [2.45, 2.75) is 26.2 Å². The predicted octanol–water partition coefficient (Wildman–Crippen LogP) is 6.21. The van der Waals surface area contributed by atoms with Crippen LogP contribution in [0.4, 0.5) is 5.00 Å². The lowest BCUT2D eigenvalue weighted by Gasteiger charge is -2.17. The summed E-state index contributed by atoms with van der Waals surface area (Å²) < 4.78 is 0. The van der Waals surface area contributed by atoms with Crippen LogP contribution in [-0.2, 0) is 12.8 Å². The molecule has 0 spiro atoms. The van der Waals surface area contributed by atoms with E-state index in [2.05, 4.69) is 18.3 Å². The number of amides is 1. The van der Waals surface area contributed by atoms with Gasteiger partial charge in [0.2, 0.25) is 0 Å². The first-order valence-electron chi connectivity index (χ1n) is 10.4. The lowest BCUT2D eigenvalue weighted by molar-refractivity contribution is 0.102. The van der Waals surface area contributed by atoms with Gasteiger partial charge < -0.3 is 5.32 Å². The maximum atomic E-state index is 13.4. The number of aromatic nitrogens is 1. The van der Waals surface area contributed by atoms with Crippen LogP contribution in [0.3, 0.4) is 0 Å². The number of thiophene rings is 1. The maximum Gasteiger partial charge on any atom is 0.257 e. The van der Waals surface area contributed by atoms with E-state index in [1.807, 2.05) is 60.7 Å². The summed E-state index contributed by atoms with van der Waals surface area (Å²) >= 11 is 1.55. The second-order valence-corrected chi connectivity index (χ2v) is 9.17. The van der Waals surface area contributed by atoms with Crippen LogP contribution < -0.4 is 5.32 Å². The van der Waals surface area contributed by atoms with Crippen molar-refractivity contribution in [2.75, 3.05) is 5.32 Å². The van der Waals surface area contributed by atoms with Gasteiger partial charge in [0.25, 0.3) is 5.91 Å². The molecule has 0 saturated carbocycles. The van der Waals surface area contributed by atoms with E-state index in [0.717, 1.165) is 47.0 Å². The zero-order valence-corrected chi connectivity index (χ0v) is 18.0. The summed E-state index contributed by atoms with van der Waals surface area (Å²) in [6, 6.07) is 21.7. The fraction of sp³-hybridized carbons (Fsp3) is 0.192. The highest BCUT2D eigenvalue weighted by atomic mass is 32.1. The molecule has 1 aliphatic rings. The summed E-state index contributed by atoms with van der Waals surface area (Å²) in [5.41, 5.74) is 4.79. The lowest BCUT2D eigenvalue weighted by atomic mass is 9.88. The van der Waals surface area contributed by atoms with Crippen molar-refractivity contribution in [2.24, 2.45) is 5.92 Å². The van der Waals surface area contributed by atoms with Crippen molar-refractivity contribution in [1.29, 1.82) is 5.26 Å². The number of carbonyl (C=O) groups excluding carboxylic acids is 1. The van der Waals surface area contributed by atoms with E-state index in [9.17, 15) is 10.1 Å². The van der Waals surface area contributed by atoms with Gasteiger partial charge in [-0.1, -0.05) is 55.5 Å². The van der Waals surface area contributed by atoms with E-state index < -0.39 is 0 Å². The molecular formula is C26H21N3OS. The molecule has 1 amide bonds. The number of rotatable bonds is 3. The largest absolute Gasteiger partial charge is 0.312 e. The van der Waals surface area contributed by atoms with Gasteiger partial charge >= 0.3 is 0 Å². The number of hydrogen-bond acceptors (Lipinski definition) is 4. The number of fused-ring (bicyclic) bond motifs is 2. The Balaban J connectivity index is 1.57. The molecule has 0 fully saturated rings. The fourth-order valence-electron chi connectivity index (χ4n) is 4.25. The van der Waals surface area contributed by atoms with Gasteiger partial charge in [0, 0.05) is 15.8 Å². The molecule has 0 bridgehead atoms. The molecule has 152 valence electrons. The lowest BCUT2D eigenvalue weighted by Crippen LogP contribution is -2.13. The third kappa shape index (κ3) is 3.60. The van der Waals surface area contributed by atoms with Crippen LogP contribution in [0.15, 0.2) is 60.7 Å². The molecule has 4 aromatic rings. The van der Waals surface area contributed by atoms with Crippen LogP contribution >= 0.6 is 11.3 Å². The molecular weight excluding hydrogens is 402 g/mol. The molecule has 1 unspecified atom stereocenters. The standard InChI is InChI=1S/C26H21N3OS/c1-16-11-12-19-21(15-27)26(31-24(19)13-16)29-25(30)20-14-23(17-7-3-2-4-8-17)28-22-10-6-5-9-18(20)22/h2-10,14,16H,11-13H2,1H3,(H,29,30). The van der Waals surface area contributed by atoms with Gasteiger partial charge in [-0.2, -0.15) is 5.26 Å². The highest BCUT2D eigenvalue weighted by molar-refractivity contribution is 7.16. The zero-order valence-electron chi connectivity index (χ0n) is 17.2. The monoisotopic (exact) mass is 423 g/mol. The first-order chi connectivity index (χ1) is 15.1. The zero-order chi connectivity index (χ0) is 21.4. The second kappa shape index (κ2) is 7.98. The van der Waals surface area contributed by atoms with E-state index in [1.165, 1.54) is 4.88 Å². The minimum absolute atomic E-state index is 0.209. The Morgan fingerprint density at radius 3 is 2.74 bits per heavy atom. The quantitative estimate of drug-likeness (QED) is 0.426. The average Bonchev–Trinajstić information content (AvgIpc) is 3.14. The number of pyridine rings is 1. The van der Waals surface area contributed by atoms with Crippen LogP contribution in [0, 0.1) is 17.2 Å². The Labute approximate surface area is 185 Å². The van der Waals surface area contributed by atoms with Gasteiger partial charge in [-0.3, -0.25) is 4.79 Å². The first kappa shape index (κ1) is 19.5. The Hall–Kier alpha value is -3.49. The van der Waals surface area contributed by atoms with Crippen LogP contribution in [0.2, 0.25) is 0 Å². The number of benzene rings is 2. The van der Waals surface area contributed by atoms with Gasteiger partial charge in [-0.25, -0.2) is 4.98 Å². The number of para-hydroxylation sites is 1. The molecule has 0 aliphatic heterocycles. The summed E-state index contributed by atoms with van der Waals surface area (Å²) in [6.45, 7) is 2.24. The van der Waals surface area contributed by atoms with Gasteiger partial charge in [-0.15, -0.1) is 11.3 Å². The number of nitriles is 1. The average molecular weight is 424 g/mol. The summed E-state index contributed by atoms with van der Waals surface area (Å²) in [4.78, 5) is 19.4. The smallest absolute Gasteiger partial charge is 0.257 e. The number of carbonyl (C=O) groups is 1. The number of nitrogens with one attached hydrogen (secondary N) is 1. The van der Waals surface area contributed by atoms with Gasteiger partial charge in [0.1, 0.15) is 11.1 Å². The van der Waals surface area contributed by atoms with E-state index in [1.54, 1.807) is 11.3 Å². The van der Waals surface area contributed by atoms with E-state index >= 15 is 0 Å². The molecule has 2 aromatic heterocycles. The first-order valence-corrected chi connectivity index (χ1v) is 11.3. The molecule has 5 heteroatoms. The van der Waals surface area contributed by atoms with Crippen molar-refractivity contribution < 1.29 is 4.79 Å². The van der Waals surface area contributed by atoms with Gasteiger partial charge in [0.15, 0.2) is 0 Å². The number of hydrogen-bond donors (Lipinski definition) is 1. The second-order valence-electron chi connectivity index (χ2n) is 8.06. The predicted molar refractivity (Wildman–Crippen MR) is 125 cm³/mol. The Morgan fingerprint density at radius 2 is 1.94 bits per heavy atom. The minimum atomic E-state index is -0.209. The topological polar surface area (TPSA) is 65.8 Å². The minimum Gasteiger partial charge on any atom is -0.312 e. The molecule has 0 radical (unpaired) electrons. The number of nitrogens with zero attached hydrogens (tertiary/aromatic N) is 2. The normalized spacial score (nSPS) is 15.3. The Morgan fingerprint density at radius 1 is 1.16 bits per heavy atom. The molecule has 4 nitrogen and oxygen atoms in total. The summed E-state index contributed by atoms with van der Waals surface area (Å²) in [6.07, 6.45) is 2.96. The third-order valence-electron chi connectivity index (χ3n) is 5.88. The van der Waals surface area contributed by atoms with Gasteiger partial charge in [0.05, 0.1) is 22.3 Å². The SMILES string of the molecule is CC1CCc2c(sc(NC(=O)c3cc(-c4ccccc4)nc4ccccc34)c2C#N)C1. The molecule has 1 aliphatic carbocycles. The van der Waals surface area contributed by atoms with Crippen LogP contribution in [0.25, 0.3) is 22.2 Å². The molecule has 2 aromatic carbocycles. The summed E-state index contributed by atoms with van der Waals surface area (Å²) in [5.74, 6) is 0.401. The summed E-state index contributed by atoms with van der Waals surface area (Å²) in [7, 11) is 0. The van der Waals surface area contributed by atoms with Crippen LogP contribution in [-0.4, -0.2) is 10.9 Å². The highest BCUT2D eigenvalue weighted by Gasteiger charge is 2.25. The Bertz CT molecular complexity index is 1330. The van der Waals surface area contributed by atoms with Crippen molar-refractivity contribution in [3.63, 3.8) is 0 Å². The molecule has 31 heavy (non-hydrogen) atoms. The fourth-order valence-corrected chi connectivity index (χ4v) is 5.60. The van der Waals surface area contributed by atoms with Gasteiger partial charge in [-0.05, 0) is 42.9 Å². The molecule has 5 rings (SSSR count). The molecule has 2 heterocycles. The highest BCUT2D eigenvalue weighted by Crippen LogP contribution is 2.39. The molecule has 1 atom stereocenters. The van der Waals surface area contributed by atoms with Crippen molar-refractivity contribution >= 4 is 33.1 Å². The molecule has 0 saturated heterocycles. The van der Waals surface area contributed by atoms with Crippen molar-refractivity contribution in [1.82, 2.24) is 4.98 Å². The van der Waals surface area contributed by atoms with Crippen molar-refractivity contribution in [3.8, 4) is 17.3 Å². The van der Waals surface area contributed by atoms with Crippen LogP contribution in [0.1, 0.15) is 39.7 Å². The number of anilines is 1. The Kier molecular flexibility index (Phi) is 5.01. The van der Waals surface area contributed by atoms with Crippen LogP contribution in [0.5, 0.6) is 0 Å². The van der Waals surface area contributed by atoms with E-state index in [0.29, 0.717) is 22.0 Å². The third-order valence-corrected chi connectivity index (χ3v) is 7.05. The van der Waals surface area contributed by atoms with E-state index in [4.69, 9.17) is 4.98 Å². The van der Waals surface area contributed by atoms with Crippen molar-refractivity contribution in [3.05, 3.63) is 82.2 Å².